The molecule has 0 bridgehead atoms. The molecule has 3 rings (SSSR count). The van der Waals surface area contributed by atoms with Gasteiger partial charge in [0, 0.05) is 11.8 Å². The molecule has 1 N–H and O–H groups in total. The molecule has 0 aromatic heterocycles. The molecule has 10 nitrogen and oxygen atoms in total. The van der Waals surface area contributed by atoms with Crippen LogP contribution in [0.3, 0.4) is 0 Å². The number of halogens is 2. The molecule has 0 heterocycles. The molecule has 0 atom stereocenters. The van der Waals surface area contributed by atoms with Gasteiger partial charge in [-0.25, -0.2) is 0 Å². The maximum Gasteiger partial charge on any atom is 0.339 e. The lowest BCUT2D eigenvalue weighted by molar-refractivity contribution is -0.384. The first-order chi connectivity index (χ1) is 17.6. The lowest BCUT2D eigenvalue weighted by Gasteiger charge is -2.14. The Balaban J connectivity index is 1.93. The number of ether oxygens (including phenoxy) is 1. The average Bonchev–Trinajstić information content (AvgIpc) is 2.86. The van der Waals surface area contributed by atoms with Crippen molar-refractivity contribution >= 4 is 67.7 Å². The molecule has 0 fully saturated rings. The summed E-state index contributed by atoms with van der Waals surface area (Å²) in [6.07, 6.45) is 1.26. The van der Waals surface area contributed by atoms with E-state index in [0.29, 0.717) is 9.13 Å². The number of benzene rings is 3. The van der Waals surface area contributed by atoms with Gasteiger partial charge in [-0.05, 0) is 77.6 Å². The highest BCUT2D eigenvalue weighted by atomic mass is 127. The van der Waals surface area contributed by atoms with Gasteiger partial charge >= 0.3 is 10.1 Å². The summed E-state index contributed by atoms with van der Waals surface area (Å²) in [6, 6.07) is 16.0. The van der Waals surface area contributed by atoms with Gasteiger partial charge in [0.1, 0.15) is 21.6 Å². The quantitative estimate of drug-likeness (QED) is 0.0788. The van der Waals surface area contributed by atoms with E-state index in [2.05, 4.69) is 5.32 Å². The Kier molecular flexibility index (Phi) is 9.09. The zero-order valence-corrected chi connectivity index (χ0v) is 22.7. The minimum Gasteiger partial charge on any atom is -0.490 e. The third kappa shape index (κ3) is 6.97. The van der Waals surface area contributed by atoms with Crippen LogP contribution in [0, 0.1) is 25.0 Å². The Morgan fingerprint density at radius 3 is 2.54 bits per heavy atom. The van der Waals surface area contributed by atoms with E-state index in [1.807, 2.05) is 22.6 Å². The van der Waals surface area contributed by atoms with Crippen LogP contribution in [0.5, 0.6) is 11.5 Å². The van der Waals surface area contributed by atoms with Crippen molar-refractivity contribution in [3.05, 3.63) is 90.5 Å². The van der Waals surface area contributed by atoms with E-state index in [4.69, 9.17) is 20.5 Å². The maximum absolute atomic E-state index is 12.7. The van der Waals surface area contributed by atoms with E-state index >= 15 is 0 Å². The van der Waals surface area contributed by atoms with Crippen LogP contribution in [-0.4, -0.2) is 25.9 Å². The van der Waals surface area contributed by atoms with Gasteiger partial charge < -0.3 is 14.2 Å². The van der Waals surface area contributed by atoms with E-state index in [1.54, 1.807) is 31.2 Å². The smallest absolute Gasteiger partial charge is 0.339 e. The van der Waals surface area contributed by atoms with Crippen molar-refractivity contribution in [2.75, 3.05) is 11.9 Å². The van der Waals surface area contributed by atoms with Crippen LogP contribution < -0.4 is 14.2 Å². The van der Waals surface area contributed by atoms with E-state index < -0.39 is 26.6 Å². The third-order valence-corrected chi connectivity index (χ3v) is 6.99. The molecule has 0 unspecified atom stereocenters. The number of anilines is 1. The molecule has 0 aliphatic heterocycles. The molecule has 190 valence electrons. The van der Waals surface area contributed by atoms with Gasteiger partial charge in [0.15, 0.2) is 11.5 Å². The van der Waals surface area contributed by atoms with Crippen molar-refractivity contribution in [3.63, 3.8) is 0 Å². The van der Waals surface area contributed by atoms with Crippen LogP contribution in [0.4, 0.5) is 11.4 Å². The Bertz CT molecular complexity index is 1540. The van der Waals surface area contributed by atoms with Crippen LogP contribution >= 0.6 is 34.2 Å². The van der Waals surface area contributed by atoms with Crippen molar-refractivity contribution in [2.45, 2.75) is 11.8 Å². The Hall–Kier alpha value is -3.67. The first-order valence-corrected chi connectivity index (χ1v) is 13.2. The van der Waals surface area contributed by atoms with Crippen molar-refractivity contribution in [1.82, 2.24) is 0 Å². The fourth-order valence-electron chi connectivity index (χ4n) is 3.00. The number of carbonyl (C=O) groups excluding carboxylic acids is 1. The van der Waals surface area contributed by atoms with Gasteiger partial charge in [0.05, 0.1) is 15.1 Å². The second kappa shape index (κ2) is 12.0. The highest BCUT2D eigenvalue weighted by Gasteiger charge is 2.22. The minimum absolute atomic E-state index is 0.0388. The van der Waals surface area contributed by atoms with Crippen molar-refractivity contribution in [2.24, 2.45) is 0 Å². The molecular weight excluding hydrogens is 637 g/mol. The lowest BCUT2D eigenvalue weighted by atomic mass is 10.1. The van der Waals surface area contributed by atoms with Gasteiger partial charge in [-0.1, -0.05) is 29.8 Å². The van der Waals surface area contributed by atoms with E-state index in [1.165, 1.54) is 42.5 Å². The number of hydrogen-bond acceptors (Lipinski definition) is 8. The largest absolute Gasteiger partial charge is 0.490 e. The molecule has 0 saturated heterocycles. The van der Waals surface area contributed by atoms with Crippen LogP contribution in [0.2, 0.25) is 5.02 Å². The van der Waals surface area contributed by atoms with Gasteiger partial charge in [-0.2, -0.15) is 13.7 Å². The summed E-state index contributed by atoms with van der Waals surface area (Å²) < 4.78 is 36.7. The van der Waals surface area contributed by atoms with Crippen LogP contribution in [0.25, 0.3) is 6.08 Å². The first kappa shape index (κ1) is 27.9. The maximum atomic E-state index is 12.7. The summed E-state index contributed by atoms with van der Waals surface area (Å²) in [6.45, 7) is 1.89. The number of hydrogen-bond donors (Lipinski definition) is 1. The molecule has 0 aliphatic rings. The monoisotopic (exact) mass is 653 g/mol. The normalized spacial score (nSPS) is 11.4. The van der Waals surface area contributed by atoms with Crippen molar-refractivity contribution in [1.29, 1.82) is 5.26 Å². The Morgan fingerprint density at radius 1 is 1.22 bits per heavy atom. The second-order valence-electron chi connectivity index (χ2n) is 7.16. The molecular formula is C24H17ClIN3O7S. The SMILES string of the molecule is CCOc1cc(/C=C(\C#N)C(=O)Nc2ccc(Cl)c([N+](=O)[O-])c2)cc(I)c1OS(=O)(=O)c1ccccc1. The van der Waals surface area contributed by atoms with Crippen LogP contribution in [0.1, 0.15) is 12.5 Å². The first-order valence-electron chi connectivity index (χ1n) is 10.4. The lowest BCUT2D eigenvalue weighted by Crippen LogP contribution is -2.14. The van der Waals surface area contributed by atoms with Crippen LogP contribution in [-0.2, 0) is 14.9 Å². The Labute approximate surface area is 230 Å². The zero-order chi connectivity index (χ0) is 27.2. The number of nitriles is 1. The fraction of sp³-hybridized carbons (Fsp3) is 0.0833. The number of nitrogens with one attached hydrogen (secondary N) is 1. The summed E-state index contributed by atoms with van der Waals surface area (Å²) in [5.74, 6) is -0.773. The van der Waals surface area contributed by atoms with Crippen molar-refractivity contribution in [3.8, 4) is 17.6 Å². The molecule has 0 saturated carbocycles. The topological polar surface area (TPSA) is 149 Å². The van der Waals surface area contributed by atoms with E-state index in [9.17, 15) is 28.6 Å². The number of carbonyl (C=O) groups is 1. The number of nitro benzene ring substituents is 1. The highest BCUT2D eigenvalue weighted by Crippen LogP contribution is 2.37. The average molecular weight is 654 g/mol. The molecule has 0 spiro atoms. The second-order valence-corrected chi connectivity index (χ2v) is 10.3. The number of amides is 1. The number of nitro groups is 1. The number of rotatable bonds is 9. The molecule has 3 aromatic carbocycles. The molecule has 0 aliphatic carbocycles. The predicted octanol–water partition coefficient (Wildman–Crippen LogP) is 5.56. The Morgan fingerprint density at radius 2 is 1.92 bits per heavy atom. The minimum atomic E-state index is -4.15. The summed E-state index contributed by atoms with van der Waals surface area (Å²) in [5, 5.41) is 23.0. The van der Waals surface area contributed by atoms with Gasteiger partial charge in [0.2, 0.25) is 0 Å². The van der Waals surface area contributed by atoms with Crippen LogP contribution in [0.15, 0.2) is 71.1 Å². The zero-order valence-electron chi connectivity index (χ0n) is 19.0. The van der Waals surface area contributed by atoms with Gasteiger partial charge in [0.25, 0.3) is 11.6 Å². The highest BCUT2D eigenvalue weighted by molar-refractivity contribution is 14.1. The summed E-state index contributed by atoms with van der Waals surface area (Å²) in [4.78, 5) is 23.0. The molecule has 37 heavy (non-hydrogen) atoms. The van der Waals surface area contributed by atoms with E-state index in [-0.39, 0.29) is 39.3 Å². The van der Waals surface area contributed by atoms with E-state index in [0.717, 1.165) is 6.07 Å². The summed E-state index contributed by atoms with van der Waals surface area (Å²) >= 11 is 7.65. The molecule has 1 amide bonds. The summed E-state index contributed by atoms with van der Waals surface area (Å²) in [5.41, 5.74) is -0.298. The van der Waals surface area contributed by atoms with Gasteiger partial charge in [-0.3, -0.25) is 14.9 Å². The molecule has 13 heteroatoms. The fourth-order valence-corrected chi connectivity index (χ4v) is 5.05. The van der Waals surface area contributed by atoms with Crippen molar-refractivity contribution < 1.29 is 27.1 Å². The predicted molar refractivity (Wildman–Crippen MR) is 145 cm³/mol. The summed E-state index contributed by atoms with van der Waals surface area (Å²) in [7, 11) is -4.15. The standard InChI is InChI=1S/C24H17ClIN3O7S/c1-2-35-22-12-15(11-20(26)23(22)36-37(33,34)18-6-4-3-5-7-18)10-16(14-27)24(30)28-17-8-9-19(25)21(13-17)29(31)32/h3-13H,2H2,1H3,(H,28,30)/b16-10+. The molecule has 3 aromatic rings. The third-order valence-electron chi connectivity index (χ3n) is 4.63. The number of nitrogens with zero attached hydrogens (tertiary/aromatic N) is 2. The van der Waals surface area contributed by atoms with Gasteiger partial charge in [-0.15, -0.1) is 0 Å². The molecule has 0 radical (unpaired) electrons.